The third-order valence-electron chi connectivity index (χ3n) is 6.98. The SMILES string of the molecule is Bc1c(B)c(B)c(-c2ccc(C#N)c3c2oc2c(-c4ccccn4)cccc23)c(B)c1B. The van der Waals surface area contributed by atoms with E-state index in [0.717, 1.165) is 38.8 Å². The van der Waals surface area contributed by atoms with Crippen molar-refractivity contribution in [2.45, 2.75) is 0 Å². The van der Waals surface area contributed by atoms with E-state index in [1.807, 2.05) is 48.5 Å². The van der Waals surface area contributed by atoms with Crippen LogP contribution in [0.25, 0.3) is 44.3 Å². The lowest BCUT2D eigenvalue weighted by molar-refractivity contribution is 0.671. The molecular weight excluding hydrogens is 386 g/mol. The summed E-state index contributed by atoms with van der Waals surface area (Å²) in [7, 11) is 10.9. The van der Waals surface area contributed by atoms with E-state index in [4.69, 9.17) is 4.42 Å². The first-order valence-electron chi connectivity index (χ1n) is 10.8. The number of nitrogens with zero attached hydrogens (tertiary/aromatic N) is 2. The van der Waals surface area contributed by atoms with Crippen molar-refractivity contribution in [2.75, 3.05) is 0 Å². The van der Waals surface area contributed by atoms with E-state index < -0.39 is 0 Å². The number of rotatable bonds is 2. The van der Waals surface area contributed by atoms with Crippen molar-refractivity contribution in [3.05, 3.63) is 60.3 Å². The average Bonchev–Trinajstić information content (AvgIpc) is 3.22. The molecule has 0 spiro atoms. The van der Waals surface area contributed by atoms with Crippen molar-refractivity contribution >= 4 is 88.5 Å². The Morgan fingerprint density at radius 3 is 2.09 bits per heavy atom. The first-order valence-corrected chi connectivity index (χ1v) is 10.8. The van der Waals surface area contributed by atoms with Gasteiger partial charge >= 0.3 is 0 Å². The second kappa shape index (κ2) is 7.53. The fourth-order valence-corrected chi connectivity index (χ4v) is 4.82. The quantitative estimate of drug-likeness (QED) is 0.305. The molecule has 3 aromatic carbocycles. The molecule has 0 aliphatic heterocycles. The van der Waals surface area contributed by atoms with Crippen molar-refractivity contribution in [2.24, 2.45) is 0 Å². The van der Waals surface area contributed by atoms with Crippen LogP contribution in [0, 0.1) is 11.3 Å². The second-order valence-corrected chi connectivity index (χ2v) is 8.48. The molecule has 2 aromatic heterocycles. The van der Waals surface area contributed by atoms with Crippen LogP contribution in [-0.4, -0.2) is 44.2 Å². The summed E-state index contributed by atoms with van der Waals surface area (Å²) in [5.74, 6) is 0. The molecule has 0 radical (unpaired) electrons. The molecule has 32 heavy (non-hydrogen) atoms. The highest BCUT2D eigenvalue weighted by Gasteiger charge is 2.21. The average molecular weight is 405 g/mol. The molecule has 2 heterocycles. The Hall–Kier alpha value is -3.58. The number of hydrogen-bond acceptors (Lipinski definition) is 3. The largest absolute Gasteiger partial charge is 0.455 e. The normalized spacial score (nSPS) is 11.1. The molecular formula is C24H19B5N2O. The van der Waals surface area contributed by atoms with Gasteiger partial charge in [0, 0.05) is 28.1 Å². The molecule has 0 aliphatic rings. The smallest absolute Gasteiger partial charge is 0.144 e. The van der Waals surface area contributed by atoms with Crippen LogP contribution in [0.1, 0.15) is 5.56 Å². The molecule has 0 amide bonds. The molecule has 146 valence electrons. The van der Waals surface area contributed by atoms with E-state index in [1.54, 1.807) is 6.20 Å². The molecule has 8 heteroatoms. The Balaban J connectivity index is 1.94. The van der Waals surface area contributed by atoms with Crippen LogP contribution in [0.15, 0.2) is 59.1 Å². The summed E-state index contributed by atoms with van der Waals surface area (Å²) in [6.07, 6.45) is 1.79. The molecule has 0 saturated heterocycles. The van der Waals surface area contributed by atoms with Gasteiger partial charge in [0.1, 0.15) is 50.4 Å². The van der Waals surface area contributed by atoms with Gasteiger partial charge in [0.05, 0.1) is 17.3 Å². The molecule has 3 nitrogen and oxygen atoms in total. The highest BCUT2D eigenvalue weighted by molar-refractivity contribution is 6.68. The van der Waals surface area contributed by atoms with Crippen LogP contribution >= 0.6 is 0 Å². The van der Waals surface area contributed by atoms with E-state index in [1.165, 1.54) is 32.9 Å². The molecule has 5 rings (SSSR count). The molecule has 0 unspecified atom stereocenters. The number of para-hydroxylation sites is 1. The van der Waals surface area contributed by atoms with E-state index >= 15 is 0 Å². The van der Waals surface area contributed by atoms with Gasteiger partial charge in [-0.3, -0.25) is 4.98 Å². The standard InChI is InChI=1S/C24H19B5N2O/c25-18-17(19(26)21(28)22(29)20(18)27)14-8-7-11(10-30)16-13-5-3-4-12(23(13)32-24(14)16)15-6-1-2-9-31-15/h1-9H,25-29H2. The van der Waals surface area contributed by atoms with Gasteiger partial charge in [-0.25, -0.2) is 0 Å². The molecule has 0 saturated carbocycles. The first kappa shape index (κ1) is 20.3. The van der Waals surface area contributed by atoms with Crippen molar-refractivity contribution in [3.8, 4) is 28.5 Å². The van der Waals surface area contributed by atoms with Crippen molar-refractivity contribution < 1.29 is 4.42 Å². The van der Waals surface area contributed by atoms with Crippen molar-refractivity contribution in [1.29, 1.82) is 5.26 Å². The summed E-state index contributed by atoms with van der Waals surface area (Å²) in [6, 6.07) is 18.2. The van der Waals surface area contributed by atoms with E-state index in [9.17, 15) is 5.26 Å². The monoisotopic (exact) mass is 406 g/mol. The summed E-state index contributed by atoms with van der Waals surface area (Å²) >= 11 is 0. The number of aromatic nitrogens is 1. The van der Waals surface area contributed by atoms with Gasteiger partial charge in [-0.1, -0.05) is 29.1 Å². The molecule has 0 bridgehead atoms. The number of hydrogen-bond donors (Lipinski definition) is 0. The number of pyridine rings is 1. The lowest BCUT2D eigenvalue weighted by atomic mass is 9.59. The fraction of sp³-hybridized carbons (Fsp3) is 0. The Bertz CT molecular complexity index is 1560. The zero-order chi connectivity index (χ0) is 22.6. The number of furan rings is 1. The first-order chi connectivity index (χ1) is 15.4. The molecule has 0 N–H and O–H groups in total. The zero-order valence-electron chi connectivity index (χ0n) is 19.0. The minimum absolute atomic E-state index is 0.622. The lowest BCUT2D eigenvalue weighted by Gasteiger charge is -2.20. The topological polar surface area (TPSA) is 49.8 Å². The van der Waals surface area contributed by atoms with Gasteiger partial charge in [0.2, 0.25) is 0 Å². The summed E-state index contributed by atoms with van der Waals surface area (Å²) < 4.78 is 6.59. The third kappa shape index (κ3) is 2.85. The minimum Gasteiger partial charge on any atom is -0.455 e. The summed E-state index contributed by atoms with van der Waals surface area (Å²) in [4.78, 5) is 4.53. The Morgan fingerprint density at radius 1 is 0.719 bits per heavy atom. The predicted molar refractivity (Wildman–Crippen MR) is 148 cm³/mol. The van der Waals surface area contributed by atoms with Gasteiger partial charge in [-0.2, -0.15) is 5.26 Å². The Labute approximate surface area is 191 Å². The van der Waals surface area contributed by atoms with Crippen LogP contribution in [0.4, 0.5) is 0 Å². The molecule has 5 aromatic rings. The zero-order valence-corrected chi connectivity index (χ0v) is 19.0. The highest BCUT2D eigenvalue weighted by Crippen LogP contribution is 2.40. The fourth-order valence-electron chi connectivity index (χ4n) is 4.82. The maximum absolute atomic E-state index is 9.89. The van der Waals surface area contributed by atoms with Crippen LogP contribution in [0.2, 0.25) is 0 Å². The van der Waals surface area contributed by atoms with E-state index in [0.29, 0.717) is 5.56 Å². The third-order valence-corrected chi connectivity index (χ3v) is 6.98. The summed E-state index contributed by atoms with van der Waals surface area (Å²) in [5.41, 5.74) is 12.6. The maximum Gasteiger partial charge on any atom is 0.144 e. The van der Waals surface area contributed by atoms with E-state index in [2.05, 4.69) is 50.3 Å². The Kier molecular flexibility index (Phi) is 4.79. The number of benzene rings is 3. The summed E-state index contributed by atoms with van der Waals surface area (Å²) in [5, 5.41) is 11.7. The van der Waals surface area contributed by atoms with Crippen LogP contribution in [0.5, 0.6) is 0 Å². The minimum atomic E-state index is 0.622. The molecule has 0 aliphatic carbocycles. The molecule has 0 atom stereocenters. The van der Waals surface area contributed by atoms with Crippen LogP contribution in [-0.2, 0) is 0 Å². The van der Waals surface area contributed by atoms with Crippen LogP contribution < -0.4 is 27.3 Å². The molecule has 0 fully saturated rings. The van der Waals surface area contributed by atoms with Gasteiger partial charge in [-0.15, -0.1) is 16.4 Å². The second-order valence-electron chi connectivity index (χ2n) is 8.48. The van der Waals surface area contributed by atoms with Gasteiger partial charge in [0.15, 0.2) is 0 Å². The van der Waals surface area contributed by atoms with Crippen molar-refractivity contribution in [3.63, 3.8) is 0 Å². The Morgan fingerprint density at radius 2 is 1.44 bits per heavy atom. The van der Waals surface area contributed by atoms with Gasteiger partial charge < -0.3 is 4.42 Å². The van der Waals surface area contributed by atoms with Gasteiger partial charge in [0.25, 0.3) is 0 Å². The summed E-state index contributed by atoms with van der Waals surface area (Å²) in [6.45, 7) is 0. The maximum atomic E-state index is 9.89. The predicted octanol–water partition coefficient (Wildman–Crippen LogP) is -2.52. The highest BCUT2D eigenvalue weighted by atomic mass is 16.3. The van der Waals surface area contributed by atoms with Gasteiger partial charge in [-0.05, 0) is 35.9 Å². The number of fused-ring (bicyclic) bond motifs is 3. The lowest BCUT2D eigenvalue weighted by Crippen LogP contribution is -2.55. The van der Waals surface area contributed by atoms with Crippen LogP contribution in [0.3, 0.4) is 0 Å². The van der Waals surface area contributed by atoms with Crippen molar-refractivity contribution in [1.82, 2.24) is 4.98 Å². The van der Waals surface area contributed by atoms with E-state index in [-0.39, 0.29) is 0 Å². The number of nitriles is 1.